The molecule has 0 unspecified atom stereocenters. The number of hydrogen-bond donors (Lipinski definition) is 1. The summed E-state index contributed by atoms with van der Waals surface area (Å²) in [6.45, 7) is 5.50. The minimum absolute atomic E-state index is 0.139. The summed E-state index contributed by atoms with van der Waals surface area (Å²) in [4.78, 5) is 26.4. The van der Waals surface area contributed by atoms with Crippen molar-refractivity contribution in [2.75, 3.05) is 6.54 Å². The van der Waals surface area contributed by atoms with Crippen LogP contribution in [0.3, 0.4) is 0 Å². The van der Waals surface area contributed by atoms with Crippen LogP contribution in [0.4, 0.5) is 0 Å². The van der Waals surface area contributed by atoms with Crippen LogP contribution >= 0.6 is 0 Å². The molecule has 2 amide bonds. The molecule has 2 fully saturated rings. The number of aryl methyl sites for hydroxylation is 1. The number of nitrogens with two attached hydrogens (primary N) is 1. The highest BCUT2D eigenvalue weighted by Crippen LogP contribution is 2.49. The first-order chi connectivity index (χ1) is 11.8. The predicted molar refractivity (Wildman–Crippen MR) is 92.5 cm³/mol. The zero-order valence-corrected chi connectivity index (χ0v) is 15.1. The van der Waals surface area contributed by atoms with Crippen LogP contribution in [0.2, 0.25) is 0 Å². The molecule has 2 aliphatic rings. The van der Waals surface area contributed by atoms with Crippen molar-refractivity contribution in [1.82, 2.24) is 14.7 Å². The van der Waals surface area contributed by atoms with E-state index in [4.69, 9.17) is 10.5 Å². The van der Waals surface area contributed by atoms with Gasteiger partial charge < -0.3 is 15.4 Å². The Hall–Kier alpha value is -1.89. The molecular weight excluding hydrogens is 320 g/mol. The van der Waals surface area contributed by atoms with Crippen LogP contribution < -0.4 is 5.73 Å². The van der Waals surface area contributed by atoms with E-state index in [2.05, 4.69) is 5.10 Å². The summed E-state index contributed by atoms with van der Waals surface area (Å²) < 4.78 is 7.97. The fraction of sp³-hybridized carbons (Fsp3) is 0.722. The molecule has 25 heavy (non-hydrogen) atoms. The second-order valence-corrected chi connectivity index (χ2v) is 7.84. The van der Waals surface area contributed by atoms with Gasteiger partial charge in [0, 0.05) is 38.3 Å². The highest BCUT2D eigenvalue weighted by molar-refractivity contribution is 5.78. The molecule has 138 valence electrons. The van der Waals surface area contributed by atoms with Crippen LogP contribution in [0.5, 0.6) is 0 Å². The number of likely N-dealkylation sites (tertiary alicyclic amines) is 1. The summed E-state index contributed by atoms with van der Waals surface area (Å²) in [5, 5.41) is 4.17. The number of carbonyl (C=O) groups excluding carboxylic acids is 2. The smallest absolute Gasteiger partial charge is 0.223 e. The minimum Gasteiger partial charge on any atom is -0.370 e. The van der Waals surface area contributed by atoms with Crippen molar-refractivity contribution >= 4 is 11.8 Å². The third-order valence-electron chi connectivity index (χ3n) is 5.35. The number of ether oxygens (including phenoxy) is 1. The Morgan fingerprint density at radius 1 is 1.40 bits per heavy atom. The van der Waals surface area contributed by atoms with Gasteiger partial charge in [0.2, 0.25) is 11.8 Å². The molecule has 7 heteroatoms. The largest absolute Gasteiger partial charge is 0.370 e. The normalized spacial score (nSPS) is 27.9. The molecule has 3 rings (SSSR count). The van der Waals surface area contributed by atoms with Gasteiger partial charge in [-0.15, -0.1) is 0 Å². The van der Waals surface area contributed by atoms with Gasteiger partial charge in [-0.2, -0.15) is 5.10 Å². The maximum Gasteiger partial charge on any atom is 0.223 e. The Balaban J connectivity index is 1.69. The van der Waals surface area contributed by atoms with Crippen molar-refractivity contribution in [1.29, 1.82) is 0 Å². The van der Waals surface area contributed by atoms with Crippen LogP contribution in [0, 0.1) is 0 Å². The van der Waals surface area contributed by atoms with E-state index in [0.717, 1.165) is 38.8 Å². The fourth-order valence-corrected chi connectivity index (χ4v) is 4.55. The van der Waals surface area contributed by atoms with Crippen molar-refractivity contribution in [3.8, 4) is 0 Å². The first-order valence-corrected chi connectivity index (χ1v) is 9.06. The summed E-state index contributed by atoms with van der Waals surface area (Å²) in [7, 11) is 0. The lowest BCUT2D eigenvalue weighted by atomic mass is 9.82. The molecule has 0 radical (unpaired) electrons. The molecule has 1 aromatic rings. The highest BCUT2D eigenvalue weighted by atomic mass is 16.5. The molecule has 0 aliphatic carbocycles. The Morgan fingerprint density at radius 3 is 2.88 bits per heavy atom. The first kappa shape index (κ1) is 17.9. The molecule has 7 nitrogen and oxygen atoms in total. The molecule has 0 bridgehead atoms. The molecule has 0 aromatic carbocycles. The molecule has 3 heterocycles. The maximum atomic E-state index is 12.9. The topological polar surface area (TPSA) is 90.5 Å². The van der Waals surface area contributed by atoms with E-state index in [-0.39, 0.29) is 35.5 Å². The number of carbonyl (C=O) groups is 2. The molecule has 0 saturated carbocycles. The maximum absolute atomic E-state index is 12.9. The zero-order chi connectivity index (χ0) is 18.1. The number of hydrogen-bond acceptors (Lipinski definition) is 4. The Bertz CT molecular complexity index is 628. The second kappa shape index (κ2) is 6.78. The van der Waals surface area contributed by atoms with Gasteiger partial charge in [0.25, 0.3) is 0 Å². The minimum atomic E-state index is -0.388. The van der Waals surface area contributed by atoms with Gasteiger partial charge in [-0.1, -0.05) is 0 Å². The summed E-state index contributed by atoms with van der Waals surface area (Å²) in [6.07, 6.45) is 7.30. The van der Waals surface area contributed by atoms with Gasteiger partial charge in [-0.25, -0.2) is 0 Å². The number of amides is 2. The Kier molecular flexibility index (Phi) is 4.86. The van der Waals surface area contributed by atoms with E-state index >= 15 is 0 Å². The lowest BCUT2D eigenvalue weighted by Gasteiger charge is -2.38. The van der Waals surface area contributed by atoms with E-state index in [9.17, 15) is 9.59 Å². The van der Waals surface area contributed by atoms with Gasteiger partial charge in [0.1, 0.15) is 0 Å². The molecule has 2 atom stereocenters. The van der Waals surface area contributed by atoms with E-state index in [0.29, 0.717) is 6.42 Å². The van der Waals surface area contributed by atoms with Crippen molar-refractivity contribution in [3.63, 3.8) is 0 Å². The quantitative estimate of drug-likeness (QED) is 0.843. The molecule has 1 aromatic heterocycles. The van der Waals surface area contributed by atoms with Gasteiger partial charge in [0.05, 0.1) is 23.7 Å². The predicted octanol–water partition coefficient (Wildman–Crippen LogP) is 1.47. The second-order valence-electron chi connectivity index (χ2n) is 7.84. The third kappa shape index (κ3) is 3.71. The molecular formula is C18H28N4O3. The van der Waals surface area contributed by atoms with Crippen molar-refractivity contribution < 1.29 is 14.3 Å². The number of rotatable bonds is 6. The number of nitrogens with zero attached hydrogens (tertiary/aromatic N) is 3. The summed E-state index contributed by atoms with van der Waals surface area (Å²) in [5.41, 5.74) is 4.70. The highest BCUT2D eigenvalue weighted by Gasteiger charge is 2.58. The van der Waals surface area contributed by atoms with E-state index in [1.54, 1.807) is 6.20 Å². The molecule has 2 aliphatic heterocycles. The van der Waals surface area contributed by atoms with Crippen LogP contribution in [0.25, 0.3) is 0 Å². The lowest BCUT2D eigenvalue weighted by molar-refractivity contribution is -0.140. The third-order valence-corrected chi connectivity index (χ3v) is 5.35. The van der Waals surface area contributed by atoms with Gasteiger partial charge >= 0.3 is 0 Å². The van der Waals surface area contributed by atoms with E-state index < -0.39 is 0 Å². The Labute approximate surface area is 148 Å². The molecule has 2 saturated heterocycles. The molecule has 2 N–H and O–H groups in total. The van der Waals surface area contributed by atoms with Gasteiger partial charge in [-0.05, 0) is 39.2 Å². The Morgan fingerprint density at radius 2 is 2.20 bits per heavy atom. The summed E-state index contributed by atoms with van der Waals surface area (Å²) in [6, 6.07) is 1.88. The van der Waals surface area contributed by atoms with Crippen LogP contribution in [0.15, 0.2) is 18.5 Å². The van der Waals surface area contributed by atoms with E-state index in [1.165, 1.54) is 0 Å². The van der Waals surface area contributed by atoms with Crippen LogP contribution in [-0.4, -0.2) is 50.3 Å². The molecule has 1 spiro atoms. The fourth-order valence-electron chi connectivity index (χ4n) is 4.55. The summed E-state index contributed by atoms with van der Waals surface area (Å²) in [5.74, 6) is -0.236. The first-order valence-electron chi connectivity index (χ1n) is 9.06. The lowest BCUT2D eigenvalue weighted by Crippen LogP contribution is -2.53. The van der Waals surface area contributed by atoms with Gasteiger partial charge in [0.15, 0.2) is 0 Å². The van der Waals surface area contributed by atoms with Crippen molar-refractivity contribution in [3.05, 3.63) is 18.5 Å². The SMILES string of the molecule is CC1(C)C[C@]2(CCCN2C(=O)CCCn2cccn2)[C@H](CC(N)=O)O1. The average Bonchev–Trinajstić information content (AvgIpc) is 3.19. The van der Waals surface area contributed by atoms with Gasteiger partial charge in [-0.3, -0.25) is 14.3 Å². The number of aromatic nitrogens is 2. The number of primary amides is 1. The van der Waals surface area contributed by atoms with Crippen molar-refractivity contribution in [2.24, 2.45) is 5.73 Å². The van der Waals surface area contributed by atoms with E-state index in [1.807, 2.05) is 35.7 Å². The zero-order valence-electron chi connectivity index (χ0n) is 15.1. The van der Waals surface area contributed by atoms with Crippen LogP contribution in [-0.2, 0) is 20.9 Å². The van der Waals surface area contributed by atoms with Crippen LogP contribution in [0.1, 0.15) is 52.4 Å². The standard InChI is InChI=1S/C18H28N4O3/c1-17(2)13-18(14(25-17)12-15(19)23)7-4-11-22(18)16(24)6-3-9-21-10-5-8-20-21/h5,8,10,14H,3-4,6-7,9,11-13H2,1-2H3,(H2,19,23)/t14-,18+/m0/s1. The summed E-state index contributed by atoms with van der Waals surface area (Å²) >= 11 is 0. The average molecular weight is 348 g/mol. The monoisotopic (exact) mass is 348 g/mol. The van der Waals surface area contributed by atoms with Crippen molar-refractivity contribution in [2.45, 2.75) is 76.2 Å².